The summed E-state index contributed by atoms with van der Waals surface area (Å²) in [6.07, 6.45) is 0. The predicted molar refractivity (Wildman–Crippen MR) is 63.8 cm³/mol. The van der Waals surface area contributed by atoms with Crippen molar-refractivity contribution in [1.29, 1.82) is 0 Å². The molecule has 0 aromatic heterocycles. The van der Waals surface area contributed by atoms with E-state index in [0.717, 1.165) is 64.3 Å². The number of hydrogen-bond acceptors (Lipinski definition) is 6. The van der Waals surface area contributed by atoms with Crippen molar-refractivity contribution in [3.63, 3.8) is 0 Å². The van der Waals surface area contributed by atoms with Crippen molar-refractivity contribution in [2.75, 3.05) is 52.4 Å². The van der Waals surface area contributed by atoms with E-state index >= 15 is 0 Å². The third-order valence-corrected chi connectivity index (χ3v) is 3.19. The Morgan fingerprint density at radius 2 is 1.19 bits per heavy atom. The van der Waals surface area contributed by atoms with E-state index in [1.165, 1.54) is 0 Å². The summed E-state index contributed by atoms with van der Waals surface area (Å²) < 4.78 is 0. The molecule has 16 heavy (non-hydrogen) atoms. The highest BCUT2D eigenvalue weighted by molar-refractivity contribution is 5.83. The van der Waals surface area contributed by atoms with Gasteiger partial charge in [-0.05, 0) is 0 Å². The Hall–Kier alpha value is -1.46. The van der Waals surface area contributed by atoms with Gasteiger partial charge in [0.2, 0.25) is 0 Å². The Labute approximate surface area is 95.4 Å². The average Bonchev–Trinajstić information content (AvgIpc) is 3.03. The number of hydrogen-bond donors (Lipinski definition) is 2. The molecule has 2 N–H and O–H groups in total. The third-order valence-electron chi connectivity index (χ3n) is 3.19. The molecule has 1 fully saturated rings. The third kappa shape index (κ3) is 1.79. The maximum Gasteiger partial charge on any atom is 0.194 e. The van der Waals surface area contributed by atoms with E-state index in [0.29, 0.717) is 0 Å². The summed E-state index contributed by atoms with van der Waals surface area (Å²) >= 11 is 0. The lowest BCUT2D eigenvalue weighted by molar-refractivity contribution is 0.251. The highest BCUT2D eigenvalue weighted by atomic mass is 15.4. The summed E-state index contributed by atoms with van der Waals surface area (Å²) in [6.45, 7) is 7.96. The van der Waals surface area contributed by atoms with Crippen molar-refractivity contribution < 1.29 is 0 Å². The van der Waals surface area contributed by atoms with Gasteiger partial charge in [-0.25, -0.2) is 0 Å². The van der Waals surface area contributed by atoms with Crippen molar-refractivity contribution in [1.82, 2.24) is 20.4 Å². The molecule has 3 aliphatic heterocycles. The van der Waals surface area contributed by atoms with Crippen molar-refractivity contribution in [3.05, 3.63) is 0 Å². The van der Waals surface area contributed by atoms with Crippen LogP contribution in [-0.2, 0) is 0 Å². The first-order valence-electron chi connectivity index (χ1n) is 6.00. The molecule has 6 heteroatoms. The Kier molecular flexibility index (Phi) is 2.55. The molecule has 88 valence electrons. The molecule has 0 aromatic rings. The number of rotatable bonds is 0. The van der Waals surface area contributed by atoms with Gasteiger partial charge in [-0.3, -0.25) is 9.98 Å². The van der Waals surface area contributed by atoms with E-state index in [2.05, 4.69) is 30.4 Å². The molecule has 0 radical (unpaired) electrons. The first-order valence-corrected chi connectivity index (χ1v) is 6.00. The number of piperazine rings is 1. The number of aliphatic imine (C=N–C) groups is 2. The Morgan fingerprint density at radius 3 is 1.50 bits per heavy atom. The van der Waals surface area contributed by atoms with Crippen LogP contribution in [-0.4, -0.2) is 74.1 Å². The smallest absolute Gasteiger partial charge is 0.194 e. The van der Waals surface area contributed by atoms with Crippen molar-refractivity contribution >= 4 is 11.9 Å². The minimum atomic E-state index is 0.920. The second-order valence-electron chi connectivity index (χ2n) is 4.24. The van der Waals surface area contributed by atoms with E-state index in [1.54, 1.807) is 0 Å². The Morgan fingerprint density at radius 1 is 0.750 bits per heavy atom. The molecule has 6 nitrogen and oxygen atoms in total. The molecule has 3 rings (SSSR count). The van der Waals surface area contributed by atoms with Gasteiger partial charge in [0.1, 0.15) is 0 Å². The molecule has 0 aromatic carbocycles. The van der Waals surface area contributed by atoms with Gasteiger partial charge in [0, 0.05) is 39.3 Å². The van der Waals surface area contributed by atoms with Gasteiger partial charge in [0.05, 0.1) is 13.1 Å². The maximum atomic E-state index is 4.45. The fourth-order valence-corrected chi connectivity index (χ4v) is 2.32. The lowest BCUT2D eigenvalue weighted by Crippen LogP contribution is -2.54. The summed E-state index contributed by atoms with van der Waals surface area (Å²) in [4.78, 5) is 13.6. The van der Waals surface area contributed by atoms with Crippen LogP contribution in [0.5, 0.6) is 0 Å². The van der Waals surface area contributed by atoms with E-state index in [1.807, 2.05) is 0 Å². The van der Waals surface area contributed by atoms with Crippen LogP contribution in [0.15, 0.2) is 9.98 Å². The fourth-order valence-electron chi connectivity index (χ4n) is 2.32. The Balaban J connectivity index is 1.55. The van der Waals surface area contributed by atoms with Gasteiger partial charge in [0.15, 0.2) is 11.9 Å². The molecule has 3 heterocycles. The molecule has 1 saturated heterocycles. The van der Waals surface area contributed by atoms with Crippen LogP contribution < -0.4 is 10.6 Å². The zero-order valence-corrected chi connectivity index (χ0v) is 9.45. The standard InChI is InChI=1S/C10H18N6/c1-2-12-9(11-1)15-5-7-16(8-6-15)10-13-3-4-14-10/h1-8H2,(H,11,12)(H,13,14). The predicted octanol–water partition coefficient (Wildman–Crippen LogP) is -1.48. The van der Waals surface area contributed by atoms with Crippen LogP contribution in [0.3, 0.4) is 0 Å². The molecule has 3 aliphatic rings. The van der Waals surface area contributed by atoms with Gasteiger partial charge in [0.25, 0.3) is 0 Å². The molecule has 0 spiro atoms. The zero-order valence-electron chi connectivity index (χ0n) is 9.45. The molecule has 0 amide bonds. The molecule has 0 aliphatic carbocycles. The van der Waals surface area contributed by atoms with Crippen LogP contribution in [0.2, 0.25) is 0 Å². The largest absolute Gasteiger partial charge is 0.354 e. The Bertz CT molecular complexity index is 283. The number of nitrogens with one attached hydrogen (secondary N) is 2. The van der Waals surface area contributed by atoms with E-state index in [9.17, 15) is 0 Å². The summed E-state index contributed by atoms with van der Waals surface area (Å²) in [5.41, 5.74) is 0. The zero-order chi connectivity index (χ0) is 10.8. The molecule has 0 saturated carbocycles. The van der Waals surface area contributed by atoms with Crippen LogP contribution in [0, 0.1) is 0 Å². The highest BCUT2D eigenvalue weighted by Gasteiger charge is 2.23. The maximum absolute atomic E-state index is 4.45. The van der Waals surface area contributed by atoms with E-state index in [4.69, 9.17) is 0 Å². The first kappa shape index (κ1) is 9.74. The molecule has 0 bridgehead atoms. The highest BCUT2D eigenvalue weighted by Crippen LogP contribution is 2.05. The second kappa shape index (κ2) is 4.19. The van der Waals surface area contributed by atoms with Gasteiger partial charge >= 0.3 is 0 Å². The quantitative estimate of drug-likeness (QED) is 0.525. The topological polar surface area (TPSA) is 55.3 Å². The minimum absolute atomic E-state index is 0.920. The lowest BCUT2D eigenvalue weighted by atomic mass is 10.3. The summed E-state index contributed by atoms with van der Waals surface area (Å²) in [6, 6.07) is 0. The molecular weight excluding hydrogens is 204 g/mol. The molecule has 0 atom stereocenters. The van der Waals surface area contributed by atoms with E-state index in [-0.39, 0.29) is 0 Å². The van der Waals surface area contributed by atoms with Crippen LogP contribution in [0.25, 0.3) is 0 Å². The lowest BCUT2D eigenvalue weighted by Gasteiger charge is -2.36. The normalized spacial score (nSPS) is 25.0. The molecular formula is C10H18N6. The number of guanidine groups is 2. The van der Waals surface area contributed by atoms with Crippen molar-refractivity contribution in [2.24, 2.45) is 9.98 Å². The minimum Gasteiger partial charge on any atom is -0.354 e. The van der Waals surface area contributed by atoms with Gasteiger partial charge < -0.3 is 20.4 Å². The van der Waals surface area contributed by atoms with Crippen LogP contribution >= 0.6 is 0 Å². The van der Waals surface area contributed by atoms with Gasteiger partial charge in [-0.15, -0.1) is 0 Å². The average molecular weight is 222 g/mol. The summed E-state index contributed by atoms with van der Waals surface area (Å²) in [5.74, 6) is 2.17. The van der Waals surface area contributed by atoms with Crippen molar-refractivity contribution in [3.8, 4) is 0 Å². The first-order chi connectivity index (χ1) is 7.93. The van der Waals surface area contributed by atoms with Crippen LogP contribution in [0.4, 0.5) is 0 Å². The van der Waals surface area contributed by atoms with E-state index < -0.39 is 0 Å². The fraction of sp³-hybridized carbons (Fsp3) is 0.800. The SMILES string of the molecule is C1CNC(N2CCN(C3=NCCN3)CC2)=N1. The summed E-state index contributed by atoms with van der Waals surface area (Å²) in [7, 11) is 0. The number of nitrogens with zero attached hydrogens (tertiary/aromatic N) is 4. The van der Waals surface area contributed by atoms with Gasteiger partial charge in [-0.1, -0.05) is 0 Å². The second-order valence-corrected chi connectivity index (χ2v) is 4.24. The van der Waals surface area contributed by atoms with Crippen LogP contribution in [0.1, 0.15) is 0 Å². The monoisotopic (exact) mass is 222 g/mol. The van der Waals surface area contributed by atoms with Gasteiger partial charge in [-0.2, -0.15) is 0 Å². The van der Waals surface area contributed by atoms with Crippen molar-refractivity contribution in [2.45, 2.75) is 0 Å². The summed E-state index contributed by atoms with van der Waals surface area (Å²) in [5, 5.41) is 6.64. The molecule has 0 unspecified atom stereocenters.